The number of amides is 1. The lowest BCUT2D eigenvalue weighted by atomic mass is 10.2. The zero-order valence-electron chi connectivity index (χ0n) is 11.0. The lowest BCUT2D eigenvalue weighted by molar-refractivity contribution is -0.134. The summed E-state index contributed by atoms with van der Waals surface area (Å²) >= 11 is 11.4. The van der Waals surface area contributed by atoms with E-state index in [0.29, 0.717) is 0 Å². The number of rotatable bonds is 3. The SMILES string of the molecule is O=C(OCC(=O)N1CCCCCC1)c1cc(Cl)c(Cl)[nH]1. The highest BCUT2D eigenvalue weighted by Gasteiger charge is 2.19. The van der Waals surface area contributed by atoms with E-state index in [2.05, 4.69) is 4.98 Å². The standard InChI is InChI=1S/C13H16Cl2N2O3/c14-9-7-10(16-12(9)15)13(19)20-8-11(18)17-5-3-1-2-4-6-17/h7,16H,1-6,8H2. The van der Waals surface area contributed by atoms with Crippen LogP contribution in [-0.2, 0) is 9.53 Å². The van der Waals surface area contributed by atoms with Crippen LogP contribution in [0.4, 0.5) is 0 Å². The quantitative estimate of drug-likeness (QED) is 0.872. The van der Waals surface area contributed by atoms with Crippen LogP contribution in [0.25, 0.3) is 0 Å². The van der Waals surface area contributed by atoms with Crippen LogP contribution in [0.5, 0.6) is 0 Å². The summed E-state index contributed by atoms with van der Waals surface area (Å²) in [6.07, 6.45) is 4.29. The van der Waals surface area contributed by atoms with E-state index in [9.17, 15) is 9.59 Å². The van der Waals surface area contributed by atoms with Crippen LogP contribution in [0.3, 0.4) is 0 Å². The Balaban J connectivity index is 1.84. The molecule has 0 saturated carbocycles. The first-order chi connectivity index (χ1) is 9.58. The molecule has 1 aromatic rings. The Labute approximate surface area is 127 Å². The molecule has 110 valence electrons. The fourth-order valence-corrected chi connectivity index (χ4v) is 2.44. The molecule has 1 aromatic heterocycles. The topological polar surface area (TPSA) is 62.4 Å². The van der Waals surface area contributed by atoms with Crippen LogP contribution in [0.15, 0.2) is 6.07 Å². The van der Waals surface area contributed by atoms with Gasteiger partial charge in [-0.15, -0.1) is 0 Å². The predicted octanol–water partition coefficient (Wildman–Crippen LogP) is 2.88. The van der Waals surface area contributed by atoms with Crippen molar-refractivity contribution >= 4 is 35.1 Å². The van der Waals surface area contributed by atoms with Gasteiger partial charge in [0.2, 0.25) is 0 Å². The van der Waals surface area contributed by atoms with E-state index in [1.165, 1.54) is 6.07 Å². The first-order valence-electron chi connectivity index (χ1n) is 6.57. The molecule has 2 rings (SSSR count). The molecule has 5 nitrogen and oxygen atoms in total. The molecular formula is C13H16Cl2N2O3. The second-order valence-electron chi connectivity index (χ2n) is 4.72. The van der Waals surface area contributed by atoms with Gasteiger partial charge in [-0.25, -0.2) is 4.79 Å². The van der Waals surface area contributed by atoms with Crippen LogP contribution in [0, 0.1) is 0 Å². The van der Waals surface area contributed by atoms with Crippen LogP contribution < -0.4 is 0 Å². The summed E-state index contributed by atoms with van der Waals surface area (Å²) in [5.74, 6) is -0.800. The average molecular weight is 319 g/mol. The number of likely N-dealkylation sites (tertiary alicyclic amines) is 1. The maximum Gasteiger partial charge on any atom is 0.355 e. The number of ether oxygens (including phenoxy) is 1. The third-order valence-electron chi connectivity index (χ3n) is 3.23. The number of aromatic amines is 1. The Kier molecular flexibility index (Phi) is 5.31. The molecule has 1 amide bonds. The number of hydrogen-bond acceptors (Lipinski definition) is 3. The smallest absolute Gasteiger partial charge is 0.355 e. The molecule has 0 atom stereocenters. The number of aromatic nitrogens is 1. The summed E-state index contributed by atoms with van der Waals surface area (Å²) in [5.41, 5.74) is 0.142. The number of carbonyl (C=O) groups is 2. The highest BCUT2D eigenvalue weighted by atomic mass is 35.5. The Morgan fingerprint density at radius 2 is 1.85 bits per heavy atom. The lowest BCUT2D eigenvalue weighted by Crippen LogP contribution is -2.35. The molecule has 0 aromatic carbocycles. The monoisotopic (exact) mass is 318 g/mol. The first-order valence-corrected chi connectivity index (χ1v) is 7.32. The lowest BCUT2D eigenvalue weighted by Gasteiger charge is -2.19. The minimum atomic E-state index is -0.637. The highest BCUT2D eigenvalue weighted by molar-refractivity contribution is 6.41. The van der Waals surface area contributed by atoms with Crippen LogP contribution in [-0.4, -0.2) is 41.5 Å². The molecule has 1 saturated heterocycles. The summed E-state index contributed by atoms with van der Waals surface area (Å²) in [6, 6.07) is 1.38. The van der Waals surface area contributed by atoms with Gasteiger partial charge in [-0.05, 0) is 18.9 Å². The first kappa shape index (κ1) is 15.2. The zero-order chi connectivity index (χ0) is 14.5. The molecule has 2 heterocycles. The Morgan fingerprint density at radius 1 is 1.20 bits per heavy atom. The Hall–Kier alpha value is -1.20. The van der Waals surface area contributed by atoms with E-state index < -0.39 is 5.97 Å². The van der Waals surface area contributed by atoms with Gasteiger partial charge in [0.25, 0.3) is 5.91 Å². The second-order valence-corrected chi connectivity index (χ2v) is 5.50. The van der Waals surface area contributed by atoms with Crippen molar-refractivity contribution < 1.29 is 14.3 Å². The maximum absolute atomic E-state index is 11.9. The van der Waals surface area contributed by atoms with Gasteiger partial charge in [0.05, 0.1) is 5.02 Å². The molecule has 0 unspecified atom stereocenters. The number of H-pyrrole nitrogens is 1. The van der Waals surface area contributed by atoms with Crippen molar-refractivity contribution in [2.45, 2.75) is 25.7 Å². The van der Waals surface area contributed by atoms with Crippen molar-refractivity contribution in [2.24, 2.45) is 0 Å². The fourth-order valence-electron chi connectivity index (χ4n) is 2.13. The van der Waals surface area contributed by atoms with E-state index in [-0.39, 0.29) is 28.4 Å². The van der Waals surface area contributed by atoms with Crippen molar-refractivity contribution in [1.82, 2.24) is 9.88 Å². The zero-order valence-corrected chi connectivity index (χ0v) is 12.5. The average Bonchev–Trinajstić information content (AvgIpc) is 2.67. The number of halogens is 2. The molecule has 1 aliphatic heterocycles. The van der Waals surface area contributed by atoms with E-state index in [1.807, 2.05) is 0 Å². The Morgan fingerprint density at radius 3 is 2.40 bits per heavy atom. The Bertz CT molecular complexity index is 474. The molecule has 0 spiro atoms. The molecule has 1 aliphatic rings. The highest BCUT2D eigenvalue weighted by Crippen LogP contribution is 2.22. The van der Waals surface area contributed by atoms with Gasteiger partial charge >= 0.3 is 5.97 Å². The number of nitrogens with zero attached hydrogens (tertiary/aromatic N) is 1. The van der Waals surface area contributed by atoms with E-state index >= 15 is 0 Å². The second kappa shape index (κ2) is 6.99. The van der Waals surface area contributed by atoms with Crippen LogP contribution in [0.2, 0.25) is 10.2 Å². The molecule has 1 N–H and O–H groups in total. The summed E-state index contributed by atoms with van der Waals surface area (Å²) in [7, 11) is 0. The molecule has 1 fully saturated rings. The van der Waals surface area contributed by atoms with Crippen molar-refractivity contribution in [3.8, 4) is 0 Å². The van der Waals surface area contributed by atoms with Crippen molar-refractivity contribution in [2.75, 3.05) is 19.7 Å². The molecule has 0 radical (unpaired) electrons. The van der Waals surface area contributed by atoms with Crippen molar-refractivity contribution in [1.29, 1.82) is 0 Å². The maximum atomic E-state index is 11.9. The minimum Gasteiger partial charge on any atom is -0.451 e. The molecule has 0 bridgehead atoms. The summed E-state index contributed by atoms with van der Waals surface area (Å²) in [6.45, 7) is 1.21. The van der Waals surface area contributed by atoms with Gasteiger partial charge in [0.15, 0.2) is 6.61 Å². The number of carbonyl (C=O) groups excluding carboxylic acids is 2. The number of nitrogens with one attached hydrogen (secondary N) is 1. The normalized spacial score (nSPS) is 15.8. The number of hydrogen-bond donors (Lipinski definition) is 1. The molecule has 7 heteroatoms. The van der Waals surface area contributed by atoms with Gasteiger partial charge in [-0.1, -0.05) is 36.0 Å². The van der Waals surface area contributed by atoms with Gasteiger partial charge in [0, 0.05) is 13.1 Å². The van der Waals surface area contributed by atoms with Gasteiger partial charge < -0.3 is 14.6 Å². The van der Waals surface area contributed by atoms with Gasteiger partial charge in [-0.2, -0.15) is 0 Å². The van der Waals surface area contributed by atoms with E-state index in [1.54, 1.807) is 4.90 Å². The van der Waals surface area contributed by atoms with Crippen LogP contribution >= 0.6 is 23.2 Å². The summed E-state index contributed by atoms with van der Waals surface area (Å²) in [5, 5.41) is 0.426. The largest absolute Gasteiger partial charge is 0.451 e. The summed E-state index contributed by atoms with van der Waals surface area (Å²) in [4.78, 5) is 28.0. The number of esters is 1. The summed E-state index contributed by atoms with van der Waals surface area (Å²) < 4.78 is 4.97. The third-order valence-corrected chi connectivity index (χ3v) is 3.92. The van der Waals surface area contributed by atoms with Gasteiger partial charge in [0.1, 0.15) is 10.8 Å². The fraction of sp³-hybridized carbons (Fsp3) is 0.538. The van der Waals surface area contributed by atoms with Gasteiger partial charge in [-0.3, -0.25) is 4.79 Å². The third kappa shape index (κ3) is 3.90. The van der Waals surface area contributed by atoms with E-state index in [0.717, 1.165) is 38.8 Å². The van der Waals surface area contributed by atoms with E-state index in [4.69, 9.17) is 27.9 Å². The van der Waals surface area contributed by atoms with Crippen molar-refractivity contribution in [3.63, 3.8) is 0 Å². The molecular weight excluding hydrogens is 303 g/mol. The molecule has 0 aliphatic carbocycles. The predicted molar refractivity (Wildman–Crippen MR) is 76.1 cm³/mol. The molecule has 20 heavy (non-hydrogen) atoms. The van der Waals surface area contributed by atoms with Crippen molar-refractivity contribution in [3.05, 3.63) is 21.9 Å². The van der Waals surface area contributed by atoms with Crippen LogP contribution in [0.1, 0.15) is 36.2 Å². The minimum absolute atomic E-state index is 0.142.